The van der Waals surface area contributed by atoms with E-state index in [2.05, 4.69) is 0 Å². The molecule has 0 amide bonds. The Morgan fingerprint density at radius 3 is 2.40 bits per heavy atom. The van der Waals surface area contributed by atoms with Gasteiger partial charge < -0.3 is 9.47 Å². The number of ketones is 1. The monoisotopic (exact) mass is 142 g/mol. The predicted octanol–water partition coefficient (Wildman–Crippen LogP) is 0.852. The van der Waals surface area contributed by atoms with Crippen LogP contribution in [0.3, 0.4) is 0 Å². The van der Waals surface area contributed by atoms with E-state index < -0.39 is 5.60 Å². The van der Waals surface area contributed by atoms with Gasteiger partial charge in [-0.1, -0.05) is 0 Å². The number of carbonyl (C=O) groups excluding carboxylic acids is 1. The standard InChI is InChI=1S/C7H10O3/c1-7(2)6(8)5(9-3)4-10-7/h4H,1-3H3. The van der Waals surface area contributed by atoms with E-state index in [0.29, 0.717) is 5.76 Å². The van der Waals surface area contributed by atoms with Crippen LogP contribution in [0.25, 0.3) is 0 Å². The Labute approximate surface area is 59.6 Å². The van der Waals surface area contributed by atoms with Gasteiger partial charge in [-0.05, 0) is 13.8 Å². The molecule has 0 radical (unpaired) electrons. The van der Waals surface area contributed by atoms with E-state index >= 15 is 0 Å². The molecule has 56 valence electrons. The summed E-state index contributed by atoms with van der Waals surface area (Å²) in [7, 11) is 1.45. The Balaban J connectivity index is 2.80. The smallest absolute Gasteiger partial charge is 0.243 e. The quantitative estimate of drug-likeness (QED) is 0.544. The molecule has 0 aromatic heterocycles. The van der Waals surface area contributed by atoms with E-state index in [0.717, 1.165) is 0 Å². The normalized spacial score (nSPS) is 21.9. The Morgan fingerprint density at radius 1 is 1.60 bits per heavy atom. The first kappa shape index (κ1) is 7.12. The van der Waals surface area contributed by atoms with Crippen molar-refractivity contribution in [1.29, 1.82) is 0 Å². The summed E-state index contributed by atoms with van der Waals surface area (Å²) in [6.45, 7) is 3.41. The van der Waals surface area contributed by atoms with Crippen molar-refractivity contribution in [1.82, 2.24) is 0 Å². The summed E-state index contributed by atoms with van der Waals surface area (Å²) in [5.41, 5.74) is -0.731. The van der Waals surface area contributed by atoms with Gasteiger partial charge in [-0.25, -0.2) is 0 Å². The van der Waals surface area contributed by atoms with Gasteiger partial charge in [0.15, 0.2) is 5.60 Å². The highest BCUT2D eigenvalue weighted by molar-refractivity contribution is 6.01. The van der Waals surface area contributed by atoms with Gasteiger partial charge in [-0.2, -0.15) is 0 Å². The van der Waals surface area contributed by atoms with Crippen molar-refractivity contribution in [2.24, 2.45) is 0 Å². The Bertz CT molecular complexity index is 191. The molecule has 1 aliphatic heterocycles. The molecular weight excluding hydrogens is 132 g/mol. The van der Waals surface area contributed by atoms with E-state index in [1.807, 2.05) is 0 Å². The summed E-state index contributed by atoms with van der Waals surface area (Å²) < 4.78 is 9.77. The van der Waals surface area contributed by atoms with Gasteiger partial charge in [-0.3, -0.25) is 4.79 Å². The summed E-state index contributed by atoms with van der Waals surface area (Å²) in [6, 6.07) is 0. The van der Waals surface area contributed by atoms with Crippen molar-refractivity contribution in [3.63, 3.8) is 0 Å². The summed E-state index contributed by atoms with van der Waals surface area (Å²) in [4.78, 5) is 11.1. The molecule has 0 saturated carbocycles. The first-order valence-electron chi connectivity index (χ1n) is 3.04. The minimum absolute atomic E-state index is 0.102. The Hall–Kier alpha value is -0.990. The molecule has 0 aromatic carbocycles. The minimum Gasteiger partial charge on any atom is -0.490 e. The van der Waals surface area contributed by atoms with Gasteiger partial charge >= 0.3 is 0 Å². The van der Waals surface area contributed by atoms with E-state index in [-0.39, 0.29) is 5.78 Å². The first-order chi connectivity index (χ1) is 4.58. The molecule has 0 atom stereocenters. The van der Waals surface area contributed by atoms with E-state index in [9.17, 15) is 4.79 Å². The fourth-order valence-electron chi connectivity index (χ4n) is 0.745. The Morgan fingerprint density at radius 2 is 2.20 bits per heavy atom. The van der Waals surface area contributed by atoms with Crippen molar-refractivity contribution < 1.29 is 14.3 Å². The van der Waals surface area contributed by atoms with Crippen LogP contribution >= 0.6 is 0 Å². The first-order valence-corrected chi connectivity index (χ1v) is 3.04. The highest BCUT2D eigenvalue weighted by Crippen LogP contribution is 2.23. The maximum absolute atomic E-state index is 11.1. The molecule has 0 N–H and O–H groups in total. The highest BCUT2D eigenvalue weighted by Gasteiger charge is 2.37. The van der Waals surface area contributed by atoms with Crippen LogP contribution in [0.15, 0.2) is 12.0 Å². The lowest BCUT2D eigenvalue weighted by molar-refractivity contribution is -0.129. The van der Waals surface area contributed by atoms with Crippen molar-refractivity contribution in [2.45, 2.75) is 19.4 Å². The number of methoxy groups -OCH3 is 1. The largest absolute Gasteiger partial charge is 0.490 e. The predicted molar refractivity (Wildman–Crippen MR) is 35.3 cm³/mol. The molecule has 3 nitrogen and oxygen atoms in total. The molecule has 1 rings (SSSR count). The molecule has 0 bridgehead atoms. The number of hydrogen-bond donors (Lipinski definition) is 0. The van der Waals surface area contributed by atoms with Gasteiger partial charge in [0.1, 0.15) is 6.26 Å². The summed E-state index contributed by atoms with van der Waals surface area (Å²) >= 11 is 0. The molecule has 10 heavy (non-hydrogen) atoms. The molecule has 1 aliphatic rings. The summed E-state index contributed by atoms with van der Waals surface area (Å²) in [5, 5.41) is 0. The van der Waals surface area contributed by atoms with Crippen LogP contribution < -0.4 is 0 Å². The van der Waals surface area contributed by atoms with Crippen LogP contribution in [0.5, 0.6) is 0 Å². The Kier molecular flexibility index (Phi) is 1.43. The average molecular weight is 142 g/mol. The third-order valence-corrected chi connectivity index (χ3v) is 1.45. The molecule has 0 aromatic rings. The van der Waals surface area contributed by atoms with Crippen LogP contribution in [0.2, 0.25) is 0 Å². The van der Waals surface area contributed by atoms with Crippen molar-refractivity contribution in [2.75, 3.05) is 7.11 Å². The zero-order chi connectivity index (χ0) is 7.78. The van der Waals surface area contributed by atoms with Crippen molar-refractivity contribution >= 4 is 5.78 Å². The number of Topliss-reactive ketones (excluding diaryl/α,β-unsaturated/α-hetero) is 1. The summed E-state index contributed by atoms with van der Waals surface area (Å²) in [5.74, 6) is 0.194. The van der Waals surface area contributed by atoms with E-state index in [1.54, 1.807) is 13.8 Å². The summed E-state index contributed by atoms with van der Waals surface area (Å²) in [6.07, 6.45) is 1.35. The fourth-order valence-corrected chi connectivity index (χ4v) is 0.745. The molecule has 0 spiro atoms. The molecule has 0 unspecified atom stereocenters. The van der Waals surface area contributed by atoms with E-state index in [1.165, 1.54) is 13.4 Å². The molecular formula is C7H10O3. The van der Waals surface area contributed by atoms with Crippen molar-refractivity contribution in [3.05, 3.63) is 12.0 Å². The maximum atomic E-state index is 11.1. The van der Waals surface area contributed by atoms with Crippen LogP contribution in [-0.2, 0) is 14.3 Å². The lowest BCUT2D eigenvalue weighted by atomic mass is 10.1. The van der Waals surface area contributed by atoms with E-state index in [4.69, 9.17) is 9.47 Å². The molecule has 0 saturated heterocycles. The number of hydrogen-bond acceptors (Lipinski definition) is 3. The zero-order valence-electron chi connectivity index (χ0n) is 6.30. The van der Waals surface area contributed by atoms with Gasteiger partial charge in [0.2, 0.25) is 11.5 Å². The van der Waals surface area contributed by atoms with Gasteiger partial charge in [0.05, 0.1) is 7.11 Å². The lowest BCUT2D eigenvalue weighted by Crippen LogP contribution is -2.29. The molecule has 1 heterocycles. The van der Waals surface area contributed by atoms with Crippen LogP contribution in [0, 0.1) is 0 Å². The number of ether oxygens (including phenoxy) is 2. The third kappa shape index (κ3) is 0.875. The van der Waals surface area contributed by atoms with Gasteiger partial charge in [-0.15, -0.1) is 0 Å². The highest BCUT2D eigenvalue weighted by atomic mass is 16.5. The SMILES string of the molecule is COC1=COC(C)(C)C1=O. The number of rotatable bonds is 1. The lowest BCUT2D eigenvalue weighted by Gasteiger charge is -2.14. The minimum atomic E-state index is -0.731. The molecule has 3 heteroatoms. The second-order valence-corrected chi connectivity index (χ2v) is 2.64. The average Bonchev–Trinajstić information content (AvgIpc) is 2.10. The fraction of sp³-hybridized carbons (Fsp3) is 0.571. The topological polar surface area (TPSA) is 35.5 Å². The van der Waals surface area contributed by atoms with Gasteiger partial charge in [0.25, 0.3) is 0 Å². The van der Waals surface area contributed by atoms with Crippen molar-refractivity contribution in [3.8, 4) is 0 Å². The third-order valence-electron chi connectivity index (χ3n) is 1.45. The molecule has 0 fully saturated rings. The molecule has 0 aliphatic carbocycles. The second kappa shape index (κ2) is 2.01. The zero-order valence-corrected chi connectivity index (χ0v) is 6.30. The van der Waals surface area contributed by atoms with Crippen LogP contribution in [0.1, 0.15) is 13.8 Å². The number of carbonyl (C=O) groups is 1. The van der Waals surface area contributed by atoms with Gasteiger partial charge in [0, 0.05) is 0 Å². The second-order valence-electron chi connectivity index (χ2n) is 2.64. The maximum Gasteiger partial charge on any atom is 0.243 e. The van der Waals surface area contributed by atoms with Crippen LogP contribution in [-0.4, -0.2) is 18.5 Å². The van der Waals surface area contributed by atoms with Crippen LogP contribution in [0.4, 0.5) is 0 Å².